The first-order valence-electron chi connectivity index (χ1n) is 9.99. The van der Waals surface area contributed by atoms with Gasteiger partial charge in [0.15, 0.2) is 11.5 Å². The van der Waals surface area contributed by atoms with Gasteiger partial charge in [-0.1, -0.05) is 35.9 Å². The van der Waals surface area contributed by atoms with Crippen molar-refractivity contribution in [2.45, 2.75) is 45.7 Å². The first kappa shape index (κ1) is 20.2. The van der Waals surface area contributed by atoms with Crippen LogP contribution in [0.25, 0.3) is 0 Å². The van der Waals surface area contributed by atoms with Gasteiger partial charge in [-0.05, 0) is 56.9 Å². The van der Waals surface area contributed by atoms with Crippen LogP contribution >= 0.6 is 0 Å². The molecule has 2 atom stereocenters. The molecule has 1 fully saturated rings. The van der Waals surface area contributed by atoms with E-state index in [1.807, 2.05) is 38.1 Å². The second-order valence-electron chi connectivity index (χ2n) is 7.12. The van der Waals surface area contributed by atoms with Crippen LogP contribution in [0.3, 0.4) is 0 Å². The van der Waals surface area contributed by atoms with Gasteiger partial charge in [-0.3, -0.25) is 9.69 Å². The molecule has 1 heterocycles. The monoisotopic (exact) mass is 383 g/mol. The number of benzene rings is 2. The molecule has 28 heavy (non-hydrogen) atoms. The van der Waals surface area contributed by atoms with E-state index in [9.17, 15) is 9.90 Å². The van der Waals surface area contributed by atoms with E-state index >= 15 is 0 Å². The van der Waals surface area contributed by atoms with Crippen molar-refractivity contribution in [3.8, 4) is 11.5 Å². The molecule has 5 nitrogen and oxygen atoms in total. The summed E-state index contributed by atoms with van der Waals surface area (Å²) in [5.41, 5.74) is 3.27. The number of aliphatic carboxylic acids is 1. The van der Waals surface area contributed by atoms with Crippen LogP contribution in [0.5, 0.6) is 11.5 Å². The number of nitrogens with zero attached hydrogens (tertiary/aromatic N) is 1. The molecule has 1 aliphatic rings. The number of carboxylic acids is 1. The SMILES string of the molecule is CCOc1ccc(C(c2cccc(C)c2)N2CCCC2C(=O)O)cc1OCC. The van der Waals surface area contributed by atoms with Crippen LogP contribution in [0.2, 0.25) is 0 Å². The minimum Gasteiger partial charge on any atom is -0.490 e. The molecule has 0 saturated carbocycles. The van der Waals surface area contributed by atoms with E-state index in [1.165, 1.54) is 0 Å². The maximum atomic E-state index is 11.9. The summed E-state index contributed by atoms with van der Waals surface area (Å²) in [4.78, 5) is 14.0. The zero-order valence-electron chi connectivity index (χ0n) is 16.9. The second-order valence-corrected chi connectivity index (χ2v) is 7.12. The number of ether oxygens (including phenoxy) is 2. The van der Waals surface area contributed by atoms with Crippen LogP contribution < -0.4 is 9.47 Å². The van der Waals surface area contributed by atoms with Gasteiger partial charge < -0.3 is 14.6 Å². The Morgan fingerprint density at radius 3 is 2.50 bits per heavy atom. The zero-order chi connectivity index (χ0) is 20.1. The number of likely N-dealkylation sites (tertiary alicyclic amines) is 1. The maximum absolute atomic E-state index is 11.9. The highest BCUT2D eigenvalue weighted by atomic mass is 16.5. The van der Waals surface area contributed by atoms with Crippen LogP contribution in [-0.2, 0) is 4.79 Å². The summed E-state index contributed by atoms with van der Waals surface area (Å²) in [5.74, 6) is 0.656. The summed E-state index contributed by atoms with van der Waals surface area (Å²) in [6.45, 7) is 7.81. The molecule has 2 unspecified atom stereocenters. The molecule has 1 aliphatic heterocycles. The van der Waals surface area contributed by atoms with Crippen LogP contribution in [0, 0.1) is 6.92 Å². The average Bonchev–Trinajstić information content (AvgIpc) is 3.14. The second kappa shape index (κ2) is 9.11. The van der Waals surface area contributed by atoms with Crippen molar-refractivity contribution in [2.75, 3.05) is 19.8 Å². The Balaban J connectivity index is 2.08. The van der Waals surface area contributed by atoms with Gasteiger partial charge in [0, 0.05) is 6.54 Å². The third kappa shape index (κ3) is 4.30. The van der Waals surface area contributed by atoms with E-state index in [0.29, 0.717) is 31.1 Å². The van der Waals surface area contributed by atoms with Crippen molar-refractivity contribution in [3.63, 3.8) is 0 Å². The summed E-state index contributed by atoms with van der Waals surface area (Å²) in [5, 5.41) is 9.75. The van der Waals surface area contributed by atoms with E-state index in [-0.39, 0.29) is 6.04 Å². The highest BCUT2D eigenvalue weighted by Gasteiger charge is 2.37. The number of hydrogen-bond donors (Lipinski definition) is 1. The van der Waals surface area contributed by atoms with Gasteiger partial charge in [0.05, 0.1) is 19.3 Å². The van der Waals surface area contributed by atoms with Crippen LogP contribution in [0.15, 0.2) is 42.5 Å². The molecular formula is C23H29NO4. The van der Waals surface area contributed by atoms with Crippen molar-refractivity contribution >= 4 is 5.97 Å². The molecule has 3 rings (SSSR count). The quantitative estimate of drug-likeness (QED) is 0.731. The molecular weight excluding hydrogens is 354 g/mol. The molecule has 0 aliphatic carbocycles. The number of carboxylic acid groups (broad SMARTS) is 1. The van der Waals surface area contributed by atoms with Gasteiger partial charge in [0.25, 0.3) is 0 Å². The van der Waals surface area contributed by atoms with Crippen LogP contribution in [0.4, 0.5) is 0 Å². The zero-order valence-corrected chi connectivity index (χ0v) is 16.9. The fourth-order valence-electron chi connectivity index (χ4n) is 4.02. The van der Waals surface area contributed by atoms with Gasteiger partial charge in [-0.2, -0.15) is 0 Å². The molecule has 0 aromatic heterocycles. The Labute approximate surface area is 166 Å². The lowest BCUT2D eigenvalue weighted by atomic mass is 9.94. The number of carbonyl (C=O) groups is 1. The largest absolute Gasteiger partial charge is 0.490 e. The number of rotatable bonds is 8. The Morgan fingerprint density at radius 1 is 1.11 bits per heavy atom. The predicted octanol–water partition coefficient (Wildman–Crippen LogP) is 4.43. The molecule has 1 N–H and O–H groups in total. The molecule has 150 valence electrons. The van der Waals surface area contributed by atoms with Crippen molar-refractivity contribution in [1.82, 2.24) is 4.90 Å². The standard InChI is InChI=1S/C23H29NO4/c1-4-27-20-12-11-18(15-21(20)28-5-2)22(17-9-6-8-16(3)14-17)24-13-7-10-19(24)23(25)26/h6,8-9,11-12,14-15,19,22H,4-5,7,10,13H2,1-3H3,(H,25,26). The average molecular weight is 383 g/mol. The minimum atomic E-state index is -0.758. The Hall–Kier alpha value is -2.53. The first-order chi connectivity index (χ1) is 13.5. The molecule has 0 spiro atoms. The van der Waals surface area contributed by atoms with Crippen molar-refractivity contribution in [2.24, 2.45) is 0 Å². The molecule has 0 radical (unpaired) electrons. The highest BCUT2D eigenvalue weighted by Crippen LogP contribution is 2.39. The van der Waals surface area contributed by atoms with Crippen LogP contribution in [-0.4, -0.2) is 41.8 Å². The number of aryl methyl sites for hydroxylation is 1. The lowest BCUT2D eigenvalue weighted by Gasteiger charge is -2.32. The van der Waals surface area contributed by atoms with E-state index in [0.717, 1.165) is 29.7 Å². The van der Waals surface area contributed by atoms with E-state index in [4.69, 9.17) is 9.47 Å². The van der Waals surface area contributed by atoms with Crippen molar-refractivity contribution < 1.29 is 19.4 Å². The third-order valence-corrected chi connectivity index (χ3v) is 5.15. The third-order valence-electron chi connectivity index (χ3n) is 5.15. The first-order valence-corrected chi connectivity index (χ1v) is 9.99. The maximum Gasteiger partial charge on any atom is 0.320 e. The lowest BCUT2D eigenvalue weighted by Crippen LogP contribution is -2.39. The Bertz CT molecular complexity index is 820. The van der Waals surface area contributed by atoms with Crippen molar-refractivity contribution in [1.29, 1.82) is 0 Å². The van der Waals surface area contributed by atoms with E-state index < -0.39 is 12.0 Å². The van der Waals surface area contributed by atoms with Gasteiger partial charge >= 0.3 is 5.97 Å². The molecule has 1 saturated heterocycles. The summed E-state index contributed by atoms with van der Waals surface area (Å²) < 4.78 is 11.5. The summed E-state index contributed by atoms with van der Waals surface area (Å²) in [6, 6.07) is 13.6. The summed E-state index contributed by atoms with van der Waals surface area (Å²) in [7, 11) is 0. The Morgan fingerprint density at radius 2 is 1.82 bits per heavy atom. The van der Waals surface area contributed by atoms with Gasteiger partial charge in [-0.25, -0.2) is 0 Å². The molecule has 5 heteroatoms. The van der Waals surface area contributed by atoms with Gasteiger partial charge in [-0.15, -0.1) is 0 Å². The summed E-state index contributed by atoms with van der Waals surface area (Å²) in [6.07, 6.45) is 1.56. The smallest absolute Gasteiger partial charge is 0.320 e. The fourth-order valence-corrected chi connectivity index (χ4v) is 4.02. The predicted molar refractivity (Wildman–Crippen MR) is 109 cm³/mol. The number of hydrogen-bond acceptors (Lipinski definition) is 4. The van der Waals surface area contributed by atoms with Gasteiger partial charge in [0.2, 0.25) is 0 Å². The highest BCUT2D eigenvalue weighted by molar-refractivity contribution is 5.74. The normalized spacial score (nSPS) is 18.0. The van der Waals surface area contributed by atoms with Gasteiger partial charge in [0.1, 0.15) is 6.04 Å². The minimum absolute atomic E-state index is 0.140. The van der Waals surface area contributed by atoms with E-state index in [2.05, 4.69) is 30.0 Å². The van der Waals surface area contributed by atoms with Crippen LogP contribution in [0.1, 0.15) is 49.4 Å². The lowest BCUT2D eigenvalue weighted by molar-refractivity contribution is -0.142. The fraction of sp³-hybridized carbons (Fsp3) is 0.435. The molecule has 2 aromatic rings. The topological polar surface area (TPSA) is 59.0 Å². The summed E-state index contributed by atoms with van der Waals surface area (Å²) >= 11 is 0. The van der Waals surface area contributed by atoms with E-state index in [1.54, 1.807) is 0 Å². The molecule has 2 aromatic carbocycles. The molecule has 0 bridgehead atoms. The van der Waals surface area contributed by atoms with Crippen molar-refractivity contribution in [3.05, 3.63) is 59.2 Å². The Kier molecular flexibility index (Phi) is 6.57. The molecule has 0 amide bonds.